The first-order chi connectivity index (χ1) is 13.4. The van der Waals surface area contributed by atoms with Crippen molar-refractivity contribution in [2.24, 2.45) is 10.8 Å². The van der Waals surface area contributed by atoms with Gasteiger partial charge in [-0.3, -0.25) is 9.59 Å². The number of rotatable bonds is 7. The van der Waals surface area contributed by atoms with Gasteiger partial charge in [0.05, 0.1) is 17.4 Å². The average molecular weight is 477 g/mol. The van der Waals surface area contributed by atoms with Crippen molar-refractivity contribution >= 4 is 17.9 Å². The Bertz CT molecular complexity index is 573. The lowest BCUT2D eigenvalue weighted by molar-refractivity contribution is -0.170. The molecule has 1 aliphatic heterocycles. The monoisotopic (exact) mass is 476 g/mol. The maximum Gasteiger partial charge on any atom is 0.347 e. The van der Waals surface area contributed by atoms with E-state index in [1.807, 2.05) is 27.7 Å². The van der Waals surface area contributed by atoms with E-state index >= 15 is 0 Å². The van der Waals surface area contributed by atoms with Crippen molar-refractivity contribution in [1.82, 2.24) is 0 Å². The Morgan fingerprint density at radius 2 is 1.36 bits per heavy atom. The molecule has 0 aromatic carbocycles. The first-order valence-corrected chi connectivity index (χ1v) is 11.0. The van der Waals surface area contributed by atoms with E-state index in [2.05, 4.69) is 6.92 Å². The van der Waals surface area contributed by atoms with Gasteiger partial charge in [-0.05, 0) is 72.6 Å². The van der Waals surface area contributed by atoms with Crippen molar-refractivity contribution < 1.29 is 28.6 Å². The Hall–Kier alpha value is -1.59. The fourth-order valence-corrected chi connectivity index (χ4v) is 3.04. The van der Waals surface area contributed by atoms with Crippen LogP contribution in [0.1, 0.15) is 130 Å². The van der Waals surface area contributed by atoms with Gasteiger partial charge in [0.15, 0.2) is 0 Å². The summed E-state index contributed by atoms with van der Waals surface area (Å²) in [5, 5.41) is 0. The van der Waals surface area contributed by atoms with Crippen LogP contribution < -0.4 is 0 Å². The van der Waals surface area contributed by atoms with Crippen LogP contribution in [-0.4, -0.2) is 36.2 Å². The molecule has 6 heteroatoms. The largest absolute Gasteiger partial charge is 0.463 e. The summed E-state index contributed by atoms with van der Waals surface area (Å²) in [7, 11) is 0. The van der Waals surface area contributed by atoms with Crippen LogP contribution in [0.3, 0.4) is 0 Å². The van der Waals surface area contributed by atoms with E-state index in [9.17, 15) is 14.4 Å². The van der Waals surface area contributed by atoms with Gasteiger partial charge in [-0.1, -0.05) is 50.5 Å². The Labute approximate surface area is 205 Å². The summed E-state index contributed by atoms with van der Waals surface area (Å²) < 4.78 is 15.5. The molecule has 0 amide bonds. The molecule has 200 valence electrons. The molecule has 1 heterocycles. The van der Waals surface area contributed by atoms with E-state index < -0.39 is 17.5 Å². The first kappa shape index (κ1) is 38.7. The van der Waals surface area contributed by atoms with Crippen LogP contribution in [0.15, 0.2) is 0 Å². The molecule has 0 spiro atoms. The van der Waals surface area contributed by atoms with Crippen LogP contribution in [0.5, 0.6) is 0 Å². The highest BCUT2D eigenvalue weighted by Gasteiger charge is 2.39. The average Bonchev–Trinajstić information content (AvgIpc) is 3.32. The fourth-order valence-electron chi connectivity index (χ4n) is 3.04. The second-order valence-electron chi connectivity index (χ2n) is 9.46. The zero-order chi connectivity index (χ0) is 22.3. The summed E-state index contributed by atoms with van der Waals surface area (Å²) in [4.78, 5) is 34.6. The summed E-state index contributed by atoms with van der Waals surface area (Å²) in [5.74, 6) is -0.775. The Balaban J connectivity index is -0.000000228. The van der Waals surface area contributed by atoms with Gasteiger partial charge in [0.25, 0.3) is 0 Å². The van der Waals surface area contributed by atoms with Crippen molar-refractivity contribution in [3.05, 3.63) is 0 Å². The van der Waals surface area contributed by atoms with E-state index in [1.165, 1.54) is 12.8 Å². The molecule has 0 aromatic heterocycles. The third kappa shape index (κ3) is 10.9. The molecule has 33 heavy (non-hydrogen) atoms. The van der Waals surface area contributed by atoms with Gasteiger partial charge in [-0.15, -0.1) is 0 Å². The van der Waals surface area contributed by atoms with Gasteiger partial charge in [0.1, 0.15) is 5.60 Å². The van der Waals surface area contributed by atoms with E-state index in [0.717, 1.165) is 25.7 Å². The number of carbonyl (C=O) groups is 3. The standard InChI is InChI=1S/C13H24O2.C10H16O4.4CH4/c1-5-12(3,4)11(14)15-13(6-2)9-7-8-10-13;1-4-10(2,3)9(12)14-7-5-6-13-8(7)11;;;;/h5-10H2,1-4H3;7H,4-6H2,1-3H3;4*1H4. The van der Waals surface area contributed by atoms with Gasteiger partial charge in [-0.2, -0.15) is 0 Å². The molecule has 1 unspecified atom stereocenters. The second kappa shape index (κ2) is 16.1. The molecule has 1 saturated carbocycles. The predicted molar refractivity (Wildman–Crippen MR) is 138 cm³/mol. The highest BCUT2D eigenvalue weighted by molar-refractivity contribution is 5.82. The predicted octanol–water partition coefficient (Wildman–Crippen LogP) is 7.51. The lowest BCUT2D eigenvalue weighted by Crippen LogP contribution is -2.37. The Morgan fingerprint density at radius 3 is 1.73 bits per heavy atom. The van der Waals surface area contributed by atoms with Gasteiger partial charge >= 0.3 is 17.9 Å². The highest BCUT2D eigenvalue weighted by Crippen LogP contribution is 2.38. The molecule has 1 atom stereocenters. The zero-order valence-electron chi connectivity index (χ0n) is 19.4. The SMILES string of the molecule is C.C.C.C.CCC(C)(C)C(=O)OC1CCOC1=O.CCC1(OC(=O)C(C)(C)CC)CCCC1. The number of cyclic esters (lactones) is 1. The number of hydrogen-bond donors (Lipinski definition) is 0. The summed E-state index contributed by atoms with van der Waals surface area (Å²) in [5.41, 5.74) is -0.989. The maximum absolute atomic E-state index is 12.0. The summed E-state index contributed by atoms with van der Waals surface area (Å²) in [6, 6.07) is 0. The van der Waals surface area contributed by atoms with Crippen LogP contribution in [-0.2, 0) is 28.6 Å². The smallest absolute Gasteiger partial charge is 0.347 e. The van der Waals surface area contributed by atoms with Gasteiger partial charge in [-0.25, -0.2) is 4.79 Å². The van der Waals surface area contributed by atoms with Crippen molar-refractivity contribution in [3.8, 4) is 0 Å². The molecule has 0 N–H and O–H groups in total. The molecule has 6 nitrogen and oxygen atoms in total. The van der Waals surface area contributed by atoms with Crippen LogP contribution in [0.25, 0.3) is 0 Å². The van der Waals surface area contributed by atoms with Gasteiger partial charge in [0, 0.05) is 6.42 Å². The molecular weight excluding hydrogens is 420 g/mol. The van der Waals surface area contributed by atoms with Crippen LogP contribution >= 0.6 is 0 Å². The van der Waals surface area contributed by atoms with Gasteiger partial charge in [0.2, 0.25) is 6.10 Å². The molecule has 2 rings (SSSR count). The molecule has 2 aliphatic rings. The lowest BCUT2D eigenvalue weighted by atomic mass is 9.89. The highest BCUT2D eigenvalue weighted by atomic mass is 16.6. The normalized spacial score (nSPS) is 18.5. The second-order valence-corrected chi connectivity index (χ2v) is 9.46. The number of hydrogen-bond acceptors (Lipinski definition) is 6. The van der Waals surface area contributed by atoms with Gasteiger partial charge < -0.3 is 14.2 Å². The minimum Gasteiger partial charge on any atom is -0.463 e. The van der Waals surface area contributed by atoms with E-state index in [0.29, 0.717) is 19.4 Å². The Morgan fingerprint density at radius 1 is 0.909 bits per heavy atom. The van der Waals surface area contributed by atoms with Crippen molar-refractivity contribution in [2.75, 3.05) is 6.61 Å². The minimum absolute atomic E-state index is 0. The zero-order valence-corrected chi connectivity index (χ0v) is 19.4. The topological polar surface area (TPSA) is 78.9 Å². The summed E-state index contributed by atoms with van der Waals surface area (Å²) in [6.45, 7) is 14.0. The molecule has 0 radical (unpaired) electrons. The lowest BCUT2D eigenvalue weighted by Gasteiger charge is -2.32. The van der Waals surface area contributed by atoms with Crippen molar-refractivity contribution in [1.29, 1.82) is 0 Å². The summed E-state index contributed by atoms with van der Waals surface area (Å²) >= 11 is 0. The molecule has 1 aliphatic carbocycles. The quantitative estimate of drug-likeness (QED) is 0.279. The Kier molecular flexibility index (Phi) is 18.9. The van der Waals surface area contributed by atoms with E-state index in [-0.39, 0.29) is 52.7 Å². The fraction of sp³-hybridized carbons (Fsp3) is 0.889. The van der Waals surface area contributed by atoms with Crippen LogP contribution in [0.4, 0.5) is 0 Å². The van der Waals surface area contributed by atoms with Crippen molar-refractivity contribution in [3.63, 3.8) is 0 Å². The van der Waals surface area contributed by atoms with Crippen molar-refractivity contribution in [2.45, 2.75) is 141 Å². The minimum atomic E-state index is -0.687. The molecular formula is C27H56O6. The molecule has 0 aromatic rings. The molecule has 1 saturated heterocycles. The molecule has 0 bridgehead atoms. The number of esters is 3. The number of ether oxygens (including phenoxy) is 3. The summed E-state index contributed by atoms with van der Waals surface area (Å²) in [6.07, 6.45) is 6.78. The molecule has 2 fully saturated rings. The first-order valence-electron chi connectivity index (χ1n) is 11.0. The maximum atomic E-state index is 12.0. The third-order valence-electron chi connectivity index (χ3n) is 6.48. The van der Waals surface area contributed by atoms with E-state index in [1.54, 1.807) is 13.8 Å². The number of carbonyl (C=O) groups excluding carboxylic acids is 3. The third-order valence-corrected chi connectivity index (χ3v) is 6.48. The van der Waals surface area contributed by atoms with Crippen LogP contribution in [0, 0.1) is 10.8 Å². The van der Waals surface area contributed by atoms with Crippen LogP contribution in [0.2, 0.25) is 0 Å². The van der Waals surface area contributed by atoms with E-state index in [4.69, 9.17) is 14.2 Å².